The van der Waals surface area contributed by atoms with Crippen LogP contribution in [0.25, 0.3) is 0 Å². The van der Waals surface area contributed by atoms with E-state index in [0.29, 0.717) is 6.42 Å². The van der Waals surface area contributed by atoms with Crippen LogP contribution in [0.1, 0.15) is 45.4 Å². The molecule has 1 aliphatic rings. The first-order valence-corrected chi connectivity index (χ1v) is 9.24. The zero-order chi connectivity index (χ0) is 16.5. The van der Waals surface area contributed by atoms with Gasteiger partial charge >= 0.3 is 5.97 Å². The van der Waals surface area contributed by atoms with Crippen LogP contribution in [0.4, 0.5) is 0 Å². The zero-order valence-corrected chi connectivity index (χ0v) is 14.4. The van der Waals surface area contributed by atoms with Crippen LogP contribution in [0.3, 0.4) is 0 Å². The van der Waals surface area contributed by atoms with Crippen LogP contribution in [-0.2, 0) is 14.3 Å². The SMILES string of the molecule is CCC(Sc1ccccc1)C(=O)OCC(=O)NC1CCCCC1. The molecule has 23 heavy (non-hydrogen) atoms. The predicted molar refractivity (Wildman–Crippen MR) is 92.4 cm³/mol. The highest BCUT2D eigenvalue weighted by Crippen LogP contribution is 2.25. The molecule has 0 aliphatic heterocycles. The number of thioether (sulfide) groups is 1. The summed E-state index contributed by atoms with van der Waals surface area (Å²) in [4.78, 5) is 25.1. The Morgan fingerprint density at radius 3 is 2.57 bits per heavy atom. The number of rotatable bonds is 7. The number of hydrogen-bond donors (Lipinski definition) is 1. The van der Waals surface area contributed by atoms with Crippen LogP contribution in [-0.4, -0.2) is 29.8 Å². The first kappa shape index (κ1) is 17.9. The van der Waals surface area contributed by atoms with Gasteiger partial charge < -0.3 is 10.1 Å². The minimum Gasteiger partial charge on any atom is -0.455 e. The van der Waals surface area contributed by atoms with Gasteiger partial charge in [0.2, 0.25) is 0 Å². The van der Waals surface area contributed by atoms with Gasteiger partial charge in [0.15, 0.2) is 6.61 Å². The number of ether oxygens (including phenoxy) is 1. The van der Waals surface area contributed by atoms with E-state index in [1.807, 2.05) is 37.3 Å². The Morgan fingerprint density at radius 2 is 1.91 bits per heavy atom. The summed E-state index contributed by atoms with van der Waals surface area (Å²) < 4.78 is 5.20. The molecule has 0 spiro atoms. The van der Waals surface area contributed by atoms with Crippen molar-refractivity contribution in [2.75, 3.05) is 6.61 Å². The number of hydrogen-bond acceptors (Lipinski definition) is 4. The highest BCUT2D eigenvalue weighted by molar-refractivity contribution is 8.00. The summed E-state index contributed by atoms with van der Waals surface area (Å²) in [7, 11) is 0. The van der Waals surface area contributed by atoms with Crippen molar-refractivity contribution in [2.45, 2.75) is 61.6 Å². The van der Waals surface area contributed by atoms with Crippen LogP contribution in [0.15, 0.2) is 35.2 Å². The van der Waals surface area contributed by atoms with E-state index in [0.717, 1.165) is 30.6 Å². The lowest BCUT2D eigenvalue weighted by molar-refractivity contribution is -0.148. The summed E-state index contributed by atoms with van der Waals surface area (Å²) in [6, 6.07) is 10.0. The molecule has 0 saturated heterocycles. The second-order valence-electron chi connectivity index (χ2n) is 5.84. The van der Waals surface area contributed by atoms with Gasteiger partial charge in [-0.25, -0.2) is 0 Å². The van der Waals surface area contributed by atoms with E-state index in [9.17, 15) is 9.59 Å². The molecule has 5 heteroatoms. The highest BCUT2D eigenvalue weighted by Gasteiger charge is 2.21. The summed E-state index contributed by atoms with van der Waals surface area (Å²) >= 11 is 1.48. The first-order chi connectivity index (χ1) is 11.2. The lowest BCUT2D eigenvalue weighted by Gasteiger charge is -2.22. The van der Waals surface area contributed by atoms with E-state index < -0.39 is 0 Å². The number of carbonyl (C=O) groups is 2. The summed E-state index contributed by atoms with van der Waals surface area (Å²) in [6.07, 6.45) is 6.30. The second-order valence-corrected chi connectivity index (χ2v) is 7.11. The fourth-order valence-electron chi connectivity index (χ4n) is 2.71. The molecule has 1 aromatic carbocycles. The highest BCUT2D eigenvalue weighted by atomic mass is 32.2. The molecule has 1 saturated carbocycles. The molecule has 4 nitrogen and oxygen atoms in total. The molecule has 0 radical (unpaired) electrons. The maximum atomic E-state index is 12.2. The maximum absolute atomic E-state index is 12.2. The average Bonchev–Trinajstić information content (AvgIpc) is 2.59. The summed E-state index contributed by atoms with van der Waals surface area (Å²) in [5.74, 6) is -0.509. The fraction of sp³-hybridized carbons (Fsp3) is 0.556. The van der Waals surface area contributed by atoms with Crippen LogP contribution in [0.5, 0.6) is 0 Å². The third-order valence-electron chi connectivity index (χ3n) is 3.97. The predicted octanol–water partition coefficient (Wildman–Crippen LogP) is 3.55. The quantitative estimate of drug-likeness (QED) is 0.611. The summed E-state index contributed by atoms with van der Waals surface area (Å²) in [5.41, 5.74) is 0. The Hall–Kier alpha value is -1.49. The van der Waals surface area contributed by atoms with E-state index in [1.165, 1.54) is 18.2 Å². The van der Waals surface area contributed by atoms with Crippen molar-refractivity contribution >= 4 is 23.6 Å². The molecular weight excluding hydrogens is 310 g/mol. The smallest absolute Gasteiger partial charge is 0.319 e. The Labute approximate surface area is 142 Å². The van der Waals surface area contributed by atoms with E-state index in [2.05, 4.69) is 5.32 Å². The minimum atomic E-state index is -0.319. The molecule has 0 bridgehead atoms. The number of amides is 1. The molecule has 126 valence electrons. The van der Waals surface area contributed by atoms with Gasteiger partial charge in [-0.2, -0.15) is 0 Å². The Bertz CT molecular complexity index is 500. The maximum Gasteiger partial charge on any atom is 0.319 e. The molecule has 1 amide bonds. The van der Waals surface area contributed by atoms with Crippen molar-refractivity contribution in [1.29, 1.82) is 0 Å². The zero-order valence-electron chi connectivity index (χ0n) is 13.6. The number of benzene rings is 1. The normalized spacial score (nSPS) is 16.6. The van der Waals surface area contributed by atoms with E-state index in [4.69, 9.17) is 4.74 Å². The molecule has 1 unspecified atom stereocenters. The van der Waals surface area contributed by atoms with Crippen molar-refractivity contribution in [3.05, 3.63) is 30.3 Å². The number of carbonyl (C=O) groups excluding carboxylic acids is 2. The van der Waals surface area contributed by atoms with Crippen molar-refractivity contribution in [2.24, 2.45) is 0 Å². The van der Waals surface area contributed by atoms with Crippen LogP contribution >= 0.6 is 11.8 Å². The Morgan fingerprint density at radius 1 is 1.22 bits per heavy atom. The number of nitrogens with one attached hydrogen (secondary N) is 1. The Balaban J connectivity index is 1.74. The third kappa shape index (κ3) is 6.26. The van der Waals surface area contributed by atoms with Crippen LogP contribution < -0.4 is 5.32 Å². The summed E-state index contributed by atoms with van der Waals surface area (Å²) in [6.45, 7) is 1.77. The average molecular weight is 335 g/mol. The van der Waals surface area contributed by atoms with Gasteiger partial charge in [-0.3, -0.25) is 9.59 Å². The van der Waals surface area contributed by atoms with Crippen molar-refractivity contribution < 1.29 is 14.3 Å². The van der Waals surface area contributed by atoms with E-state index in [1.54, 1.807) is 0 Å². The summed E-state index contributed by atoms with van der Waals surface area (Å²) in [5, 5.41) is 2.68. The monoisotopic (exact) mass is 335 g/mol. The van der Waals surface area contributed by atoms with Crippen molar-refractivity contribution in [3.63, 3.8) is 0 Å². The standard InChI is InChI=1S/C18H25NO3S/c1-2-16(23-15-11-7-4-8-12-15)18(21)22-13-17(20)19-14-9-5-3-6-10-14/h4,7-8,11-12,14,16H,2-3,5-6,9-10,13H2,1H3,(H,19,20). The Kier molecular flexibility index (Phi) is 7.46. The van der Waals surface area contributed by atoms with Gasteiger partial charge in [-0.1, -0.05) is 44.4 Å². The molecule has 1 N–H and O–H groups in total. The molecule has 2 rings (SSSR count). The molecule has 1 aromatic rings. The molecule has 1 atom stereocenters. The van der Waals surface area contributed by atoms with Gasteiger partial charge in [0, 0.05) is 10.9 Å². The lowest BCUT2D eigenvalue weighted by atomic mass is 9.95. The number of esters is 1. The lowest BCUT2D eigenvalue weighted by Crippen LogP contribution is -2.39. The molecule has 0 heterocycles. The van der Waals surface area contributed by atoms with Crippen LogP contribution in [0.2, 0.25) is 0 Å². The first-order valence-electron chi connectivity index (χ1n) is 8.36. The molecule has 1 fully saturated rings. The van der Waals surface area contributed by atoms with Crippen molar-refractivity contribution in [1.82, 2.24) is 5.32 Å². The largest absolute Gasteiger partial charge is 0.455 e. The topological polar surface area (TPSA) is 55.4 Å². The van der Waals surface area contributed by atoms with Gasteiger partial charge in [0.05, 0.1) is 0 Å². The minimum absolute atomic E-state index is 0.179. The second kappa shape index (κ2) is 9.60. The third-order valence-corrected chi connectivity index (χ3v) is 5.33. The van der Waals surface area contributed by atoms with Gasteiger partial charge in [-0.05, 0) is 31.4 Å². The van der Waals surface area contributed by atoms with Gasteiger partial charge in [0.25, 0.3) is 5.91 Å². The fourth-order valence-corrected chi connectivity index (χ4v) is 3.68. The molecule has 0 aromatic heterocycles. The van der Waals surface area contributed by atoms with E-state index in [-0.39, 0.29) is 29.8 Å². The van der Waals surface area contributed by atoms with Gasteiger partial charge in [0.1, 0.15) is 5.25 Å². The van der Waals surface area contributed by atoms with Gasteiger partial charge in [-0.15, -0.1) is 11.8 Å². The molecule has 1 aliphatic carbocycles. The molecular formula is C18H25NO3S. The van der Waals surface area contributed by atoms with Crippen molar-refractivity contribution in [3.8, 4) is 0 Å². The van der Waals surface area contributed by atoms with Crippen LogP contribution in [0, 0.1) is 0 Å². The van der Waals surface area contributed by atoms with E-state index >= 15 is 0 Å².